The normalized spacial score (nSPS) is 11.0. The van der Waals surface area contributed by atoms with Crippen molar-refractivity contribution in [2.45, 2.75) is 53.1 Å². The van der Waals surface area contributed by atoms with Crippen LogP contribution in [0.4, 0.5) is 0 Å². The number of hydrogen-bond donors (Lipinski definition) is 1. The van der Waals surface area contributed by atoms with Crippen LogP contribution in [0.1, 0.15) is 49.8 Å². The predicted molar refractivity (Wildman–Crippen MR) is 80.0 cm³/mol. The highest BCUT2D eigenvalue weighted by atomic mass is 16.3. The van der Waals surface area contributed by atoms with Crippen molar-refractivity contribution in [3.05, 3.63) is 40.8 Å². The highest BCUT2D eigenvalue weighted by molar-refractivity contribution is 5.33. The van der Waals surface area contributed by atoms with E-state index in [0.29, 0.717) is 0 Å². The van der Waals surface area contributed by atoms with Crippen molar-refractivity contribution in [1.29, 1.82) is 0 Å². The van der Waals surface area contributed by atoms with Crippen LogP contribution in [0.25, 0.3) is 5.82 Å². The van der Waals surface area contributed by atoms with E-state index in [0.717, 1.165) is 54.1 Å². The third-order valence-electron chi connectivity index (χ3n) is 3.39. The third-order valence-corrected chi connectivity index (χ3v) is 3.39. The van der Waals surface area contributed by atoms with Crippen molar-refractivity contribution in [2.75, 3.05) is 0 Å². The molecule has 0 aliphatic rings. The largest absolute Gasteiger partial charge is 0.392 e. The Labute approximate surface area is 120 Å². The highest BCUT2D eigenvalue weighted by Gasteiger charge is 2.10. The number of hydrogen-bond acceptors (Lipinski definition) is 3. The van der Waals surface area contributed by atoms with Crippen LogP contribution >= 0.6 is 0 Å². The Hall–Kier alpha value is -1.68. The fourth-order valence-electron chi connectivity index (χ4n) is 2.32. The zero-order valence-corrected chi connectivity index (χ0v) is 12.6. The molecule has 4 heteroatoms. The predicted octanol–water partition coefficient (Wildman–Crippen LogP) is 2.84. The molecule has 20 heavy (non-hydrogen) atoms. The van der Waals surface area contributed by atoms with E-state index in [1.165, 1.54) is 0 Å². The lowest BCUT2D eigenvalue weighted by molar-refractivity contribution is 0.281. The molecule has 0 spiro atoms. The van der Waals surface area contributed by atoms with E-state index >= 15 is 0 Å². The summed E-state index contributed by atoms with van der Waals surface area (Å²) in [5.74, 6) is 0.816. The van der Waals surface area contributed by atoms with Gasteiger partial charge in [0.2, 0.25) is 0 Å². The molecule has 2 aromatic rings. The van der Waals surface area contributed by atoms with E-state index in [2.05, 4.69) is 36.9 Å². The lowest BCUT2D eigenvalue weighted by Gasteiger charge is -2.09. The number of rotatable bonds is 6. The van der Waals surface area contributed by atoms with Gasteiger partial charge in [-0.2, -0.15) is 5.10 Å². The molecule has 0 atom stereocenters. The summed E-state index contributed by atoms with van der Waals surface area (Å²) in [6.07, 6.45) is 3.80. The summed E-state index contributed by atoms with van der Waals surface area (Å²) >= 11 is 0. The van der Waals surface area contributed by atoms with E-state index in [-0.39, 0.29) is 6.61 Å². The Bertz CT molecular complexity index is 575. The summed E-state index contributed by atoms with van der Waals surface area (Å²) in [5, 5.41) is 14.0. The van der Waals surface area contributed by atoms with E-state index in [4.69, 9.17) is 0 Å². The van der Waals surface area contributed by atoms with Gasteiger partial charge in [-0.3, -0.25) is 0 Å². The second-order valence-electron chi connectivity index (χ2n) is 4.98. The molecule has 2 heterocycles. The fraction of sp³-hybridized carbons (Fsp3) is 0.500. The number of aryl methyl sites for hydroxylation is 3. The molecule has 2 rings (SSSR count). The quantitative estimate of drug-likeness (QED) is 0.880. The summed E-state index contributed by atoms with van der Waals surface area (Å²) in [4.78, 5) is 4.69. The van der Waals surface area contributed by atoms with Gasteiger partial charge in [-0.05, 0) is 43.0 Å². The first-order chi connectivity index (χ1) is 9.71. The molecule has 0 radical (unpaired) electrons. The lowest BCUT2D eigenvalue weighted by atomic mass is 10.1. The summed E-state index contributed by atoms with van der Waals surface area (Å²) < 4.78 is 1.91. The summed E-state index contributed by atoms with van der Waals surface area (Å²) in [7, 11) is 0. The maximum atomic E-state index is 9.42. The molecule has 0 unspecified atom stereocenters. The summed E-state index contributed by atoms with van der Waals surface area (Å²) in [6, 6.07) is 6.03. The van der Waals surface area contributed by atoms with Gasteiger partial charge in [0.15, 0.2) is 5.82 Å². The Morgan fingerprint density at radius 3 is 2.45 bits per heavy atom. The molecule has 2 aromatic heterocycles. The van der Waals surface area contributed by atoms with Crippen LogP contribution in [0.5, 0.6) is 0 Å². The second-order valence-corrected chi connectivity index (χ2v) is 4.98. The molecule has 0 saturated carbocycles. The molecule has 4 nitrogen and oxygen atoms in total. The van der Waals surface area contributed by atoms with E-state index < -0.39 is 0 Å². The van der Waals surface area contributed by atoms with E-state index in [1.54, 1.807) is 0 Å². The SMILES string of the molecule is CCCc1cc(CO)cc(-n2nc(CC)cc2CC)n1. The second kappa shape index (κ2) is 6.66. The Morgan fingerprint density at radius 1 is 1.05 bits per heavy atom. The number of nitrogens with zero attached hydrogens (tertiary/aromatic N) is 3. The Morgan fingerprint density at radius 2 is 1.85 bits per heavy atom. The van der Waals surface area contributed by atoms with Gasteiger partial charge in [-0.25, -0.2) is 9.67 Å². The minimum atomic E-state index is 0.0373. The van der Waals surface area contributed by atoms with Crippen LogP contribution in [-0.4, -0.2) is 19.9 Å². The maximum absolute atomic E-state index is 9.42. The summed E-state index contributed by atoms with van der Waals surface area (Å²) in [5.41, 5.74) is 4.15. The standard InChI is InChI=1S/C16H23N3O/c1-4-7-14-8-12(11-20)9-16(17-14)19-15(6-3)10-13(5-2)18-19/h8-10,20H,4-7,11H2,1-3H3. The zero-order valence-electron chi connectivity index (χ0n) is 12.6. The van der Waals surface area contributed by atoms with Gasteiger partial charge >= 0.3 is 0 Å². The summed E-state index contributed by atoms with van der Waals surface area (Å²) in [6.45, 7) is 6.39. The number of aromatic nitrogens is 3. The van der Waals surface area contributed by atoms with Crippen molar-refractivity contribution < 1.29 is 5.11 Å². The van der Waals surface area contributed by atoms with Crippen LogP contribution in [0.3, 0.4) is 0 Å². The average Bonchev–Trinajstić information content (AvgIpc) is 2.90. The van der Waals surface area contributed by atoms with Crippen LogP contribution in [0.2, 0.25) is 0 Å². The van der Waals surface area contributed by atoms with Crippen molar-refractivity contribution >= 4 is 0 Å². The lowest BCUT2D eigenvalue weighted by Crippen LogP contribution is -2.07. The average molecular weight is 273 g/mol. The van der Waals surface area contributed by atoms with Gasteiger partial charge in [-0.15, -0.1) is 0 Å². The molecule has 0 aliphatic carbocycles. The van der Waals surface area contributed by atoms with Gasteiger partial charge in [0, 0.05) is 11.4 Å². The maximum Gasteiger partial charge on any atom is 0.154 e. The first-order valence-corrected chi connectivity index (χ1v) is 7.40. The molecule has 0 saturated heterocycles. The molecular formula is C16H23N3O. The third kappa shape index (κ3) is 3.07. The number of aliphatic hydroxyl groups is 1. The zero-order chi connectivity index (χ0) is 14.5. The molecule has 0 fully saturated rings. The van der Waals surface area contributed by atoms with Gasteiger partial charge in [0.1, 0.15) is 0 Å². The van der Waals surface area contributed by atoms with Crippen LogP contribution in [-0.2, 0) is 25.9 Å². The molecule has 0 bridgehead atoms. The van der Waals surface area contributed by atoms with Gasteiger partial charge in [0.05, 0.1) is 12.3 Å². The minimum absolute atomic E-state index is 0.0373. The molecule has 0 aromatic carbocycles. The van der Waals surface area contributed by atoms with Gasteiger partial charge in [0.25, 0.3) is 0 Å². The number of aliphatic hydroxyl groups excluding tert-OH is 1. The first kappa shape index (κ1) is 14.7. The minimum Gasteiger partial charge on any atom is -0.392 e. The fourth-order valence-corrected chi connectivity index (χ4v) is 2.32. The smallest absolute Gasteiger partial charge is 0.154 e. The van der Waals surface area contributed by atoms with Crippen molar-refractivity contribution in [3.63, 3.8) is 0 Å². The van der Waals surface area contributed by atoms with E-state index in [1.807, 2.05) is 16.8 Å². The van der Waals surface area contributed by atoms with Crippen molar-refractivity contribution in [1.82, 2.24) is 14.8 Å². The number of pyridine rings is 1. The Kier molecular flexibility index (Phi) is 4.90. The van der Waals surface area contributed by atoms with E-state index in [9.17, 15) is 5.11 Å². The van der Waals surface area contributed by atoms with Crippen molar-refractivity contribution in [3.8, 4) is 5.82 Å². The molecule has 0 amide bonds. The Balaban J connectivity index is 2.50. The highest BCUT2D eigenvalue weighted by Crippen LogP contribution is 2.16. The first-order valence-electron chi connectivity index (χ1n) is 7.40. The monoisotopic (exact) mass is 273 g/mol. The van der Waals surface area contributed by atoms with Crippen LogP contribution in [0.15, 0.2) is 18.2 Å². The molecular weight excluding hydrogens is 250 g/mol. The van der Waals surface area contributed by atoms with Crippen LogP contribution in [0, 0.1) is 0 Å². The molecule has 1 N–H and O–H groups in total. The molecule has 108 valence electrons. The van der Waals surface area contributed by atoms with Crippen molar-refractivity contribution in [2.24, 2.45) is 0 Å². The van der Waals surface area contributed by atoms with Gasteiger partial charge in [-0.1, -0.05) is 27.2 Å². The van der Waals surface area contributed by atoms with Crippen LogP contribution < -0.4 is 0 Å². The molecule has 0 aliphatic heterocycles. The topological polar surface area (TPSA) is 50.9 Å². The van der Waals surface area contributed by atoms with Gasteiger partial charge < -0.3 is 5.11 Å².